The van der Waals surface area contributed by atoms with E-state index in [1.54, 1.807) is 0 Å². The van der Waals surface area contributed by atoms with Crippen molar-refractivity contribution in [1.29, 1.82) is 0 Å². The number of methoxy groups -OCH3 is 1. The Labute approximate surface area is 93.4 Å². The molecule has 0 aliphatic rings. The number of nitrogens with one attached hydrogen (secondary N) is 1. The molecule has 15 heavy (non-hydrogen) atoms. The lowest BCUT2D eigenvalue weighted by atomic mass is 10.2. The Kier molecular flexibility index (Phi) is 3.84. The summed E-state index contributed by atoms with van der Waals surface area (Å²) >= 11 is 3.07. The van der Waals surface area contributed by atoms with E-state index in [-0.39, 0.29) is 18.0 Å². The first-order chi connectivity index (χ1) is 7.06. The van der Waals surface area contributed by atoms with Crippen LogP contribution in [-0.2, 0) is 6.54 Å². The predicted octanol–water partition coefficient (Wildman–Crippen LogP) is 1.76. The molecule has 1 rings (SSSR count). The predicted molar refractivity (Wildman–Crippen MR) is 53.3 cm³/mol. The summed E-state index contributed by atoms with van der Waals surface area (Å²) in [5.41, 5.74) is 0.157. The molecule has 0 bridgehead atoms. The summed E-state index contributed by atoms with van der Waals surface area (Å²) in [5, 5.41) is 10.4. The second kappa shape index (κ2) is 4.92. The van der Waals surface area contributed by atoms with Crippen LogP contribution < -0.4 is 10.1 Å². The zero-order valence-corrected chi connectivity index (χ0v) is 9.34. The van der Waals surface area contributed by atoms with Gasteiger partial charge in [-0.1, -0.05) is 0 Å². The Balaban J connectivity index is 2.98. The SMILES string of the molecule is COc1ncc(Br)c(CNC(=O)O)c1F. The molecule has 1 aromatic heterocycles. The van der Waals surface area contributed by atoms with Crippen molar-refractivity contribution in [2.45, 2.75) is 6.54 Å². The molecular weight excluding hydrogens is 271 g/mol. The van der Waals surface area contributed by atoms with Crippen LogP contribution in [0, 0.1) is 5.82 Å². The first-order valence-corrected chi connectivity index (χ1v) is 4.69. The number of carbonyl (C=O) groups is 1. The molecule has 7 heteroatoms. The van der Waals surface area contributed by atoms with Gasteiger partial charge in [-0.2, -0.15) is 0 Å². The highest BCUT2D eigenvalue weighted by molar-refractivity contribution is 9.10. The Bertz CT molecular complexity index is 386. The number of hydrogen-bond donors (Lipinski definition) is 2. The van der Waals surface area contributed by atoms with E-state index in [1.807, 2.05) is 0 Å². The van der Waals surface area contributed by atoms with E-state index in [0.717, 1.165) is 0 Å². The zero-order valence-electron chi connectivity index (χ0n) is 7.75. The number of nitrogens with zero attached hydrogens (tertiary/aromatic N) is 1. The van der Waals surface area contributed by atoms with Gasteiger partial charge in [0.1, 0.15) is 0 Å². The lowest BCUT2D eigenvalue weighted by molar-refractivity contribution is 0.193. The summed E-state index contributed by atoms with van der Waals surface area (Å²) in [6.45, 7) is -0.152. The van der Waals surface area contributed by atoms with Crippen molar-refractivity contribution >= 4 is 22.0 Å². The average Bonchev–Trinajstić information content (AvgIpc) is 2.17. The molecule has 1 aromatic rings. The molecule has 0 aliphatic heterocycles. The van der Waals surface area contributed by atoms with Crippen molar-refractivity contribution in [3.05, 3.63) is 22.1 Å². The van der Waals surface area contributed by atoms with Gasteiger partial charge in [-0.3, -0.25) is 0 Å². The van der Waals surface area contributed by atoms with Gasteiger partial charge in [0.2, 0.25) is 0 Å². The van der Waals surface area contributed by atoms with E-state index in [9.17, 15) is 9.18 Å². The van der Waals surface area contributed by atoms with E-state index >= 15 is 0 Å². The smallest absolute Gasteiger partial charge is 0.404 e. The van der Waals surface area contributed by atoms with Gasteiger partial charge in [0, 0.05) is 16.2 Å². The fraction of sp³-hybridized carbons (Fsp3) is 0.250. The molecule has 2 N–H and O–H groups in total. The maximum atomic E-state index is 13.5. The van der Waals surface area contributed by atoms with E-state index in [4.69, 9.17) is 5.11 Å². The molecule has 5 nitrogen and oxygen atoms in total. The van der Waals surface area contributed by atoms with Gasteiger partial charge in [-0.15, -0.1) is 0 Å². The largest absolute Gasteiger partial charge is 0.479 e. The molecule has 0 aliphatic carbocycles. The molecular formula is C8H8BrFN2O3. The van der Waals surface area contributed by atoms with Crippen molar-refractivity contribution in [2.24, 2.45) is 0 Å². The summed E-state index contributed by atoms with van der Waals surface area (Å²) in [7, 11) is 1.29. The van der Waals surface area contributed by atoms with Gasteiger partial charge in [0.25, 0.3) is 5.88 Å². The van der Waals surface area contributed by atoms with E-state index in [2.05, 4.69) is 31.0 Å². The number of amides is 1. The number of carboxylic acid groups (broad SMARTS) is 1. The fourth-order valence-corrected chi connectivity index (χ4v) is 1.37. The standard InChI is InChI=1S/C8H8BrFN2O3/c1-15-7-6(10)4(2-12-8(13)14)5(9)3-11-7/h3,12H,2H2,1H3,(H,13,14). The third-order valence-corrected chi connectivity index (χ3v) is 2.33. The van der Waals surface area contributed by atoms with Crippen LogP contribution in [0.5, 0.6) is 5.88 Å². The van der Waals surface area contributed by atoms with Crippen LogP contribution in [0.2, 0.25) is 0 Å². The third kappa shape index (κ3) is 2.79. The molecule has 0 unspecified atom stereocenters. The molecule has 0 aromatic carbocycles. The first kappa shape index (κ1) is 11.7. The number of halogens is 2. The van der Waals surface area contributed by atoms with Crippen molar-refractivity contribution < 1.29 is 19.0 Å². The van der Waals surface area contributed by atoms with Gasteiger partial charge in [-0.25, -0.2) is 14.2 Å². The maximum Gasteiger partial charge on any atom is 0.404 e. The number of pyridine rings is 1. The van der Waals surface area contributed by atoms with Crippen LogP contribution in [0.15, 0.2) is 10.7 Å². The molecule has 1 amide bonds. The maximum absolute atomic E-state index is 13.5. The van der Waals surface area contributed by atoms with Crippen molar-refractivity contribution in [3.63, 3.8) is 0 Å². The highest BCUT2D eigenvalue weighted by Crippen LogP contribution is 2.24. The lowest BCUT2D eigenvalue weighted by Crippen LogP contribution is -2.21. The van der Waals surface area contributed by atoms with E-state index in [1.165, 1.54) is 13.3 Å². The topological polar surface area (TPSA) is 71.5 Å². The molecule has 0 radical (unpaired) electrons. The third-order valence-electron chi connectivity index (χ3n) is 1.65. The summed E-state index contributed by atoms with van der Waals surface area (Å²) in [5.74, 6) is -0.846. The van der Waals surface area contributed by atoms with E-state index < -0.39 is 11.9 Å². The summed E-state index contributed by atoms with van der Waals surface area (Å²) in [4.78, 5) is 13.9. The summed E-state index contributed by atoms with van der Waals surface area (Å²) in [6, 6.07) is 0. The Morgan fingerprint density at radius 1 is 1.80 bits per heavy atom. The fourth-order valence-electron chi connectivity index (χ4n) is 0.952. The lowest BCUT2D eigenvalue weighted by Gasteiger charge is -2.08. The quantitative estimate of drug-likeness (QED) is 0.884. The van der Waals surface area contributed by atoms with Crippen LogP contribution in [0.25, 0.3) is 0 Å². The van der Waals surface area contributed by atoms with Crippen LogP contribution in [0.4, 0.5) is 9.18 Å². The van der Waals surface area contributed by atoms with Crippen LogP contribution >= 0.6 is 15.9 Å². The Hall–Kier alpha value is -1.37. The summed E-state index contributed by atoms with van der Waals surface area (Å²) in [6.07, 6.45) is 0.123. The zero-order chi connectivity index (χ0) is 11.4. The second-order valence-corrected chi connectivity index (χ2v) is 3.42. The molecule has 0 saturated carbocycles. The van der Waals surface area contributed by atoms with Crippen LogP contribution in [0.1, 0.15) is 5.56 Å². The number of ether oxygens (including phenoxy) is 1. The minimum atomic E-state index is -1.22. The Morgan fingerprint density at radius 2 is 2.47 bits per heavy atom. The van der Waals surface area contributed by atoms with Gasteiger partial charge < -0.3 is 15.2 Å². The van der Waals surface area contributed by atoms with Crippen molar-refractivity contribution in [1.82, 2.24) is 10.3 Å². The van der Waals surface area contributed by atoms with Gasteiger partial charge in [0.05, 0.1) is 13.7 Å². The molecule has 0 saturated heterocycles. The number of hydrogen-bond acceptors (Lipinski definition) is 3. The average molecular weight is 279 g/mol. The van der Waals surface area contributed by atoms with Crippen molar-refractivity contribution in [3.8, 4) is 5.88 Å². The minimum absolute atomic E-state index is 0.152. The molecule has 82 valence electrons. The Morgan fingerprint density at radius 3 is 3.00 bits per heavy atom. The number of rotatable bonds is 3. The minimum Gasteiger partial charge on any atom is -0.479 e. The normalized spacial score (nSPS) is 9.80. The molecule has 1 heterocycles. The van der Waals surface area contributed by atoms with Crippen LogP contribution in [-0.4, -0.2) is 23.3 Å². The summed E-state index contributed by atoms with van der Waals surface area (Å²) < 4.78 is 18.6. The van der Waals surface area contributed by atoms with Gasteiger partial charge >= 0.3 is 6.09 Å². The monoisotopic (exact) mass is 278 g/mol. The van der Waals surface area contributed by atoms with Gasteiger partial charge in [0.15, 0.2) is 5.82 Å². The molecule has 0 fully saturated rings. The highest BCUT2D eigenvalue weighted by Gasteiger charge is 2.14. The molecule has 0 atom stereocenters. The van der Waals surface area contributed by atoms with Crippen molar-refractivity contribution in [2.75, 3.05) is 7.11 Å². The van der Waals surface area contributed by atoms with Crippen LogP contribution in [0.3, 0.4) is 0 Å². The first-order valence-electron chi connectivity index (χ1n) is 3.90. The van der Waals surface area contributed by atoms with Gasteiger partial charge in [-0.05, 0) is 15.9 Å². The highest BCUT2D eigenvalue weighted by atomic mass is 79.9. The molecule has 0 spiro atoms. The van der Waals surface area contributed by atoms with E-state index in [0.29, 0.717) is 4.47 Å². The second-order valence-electron chi connectivity index (χ2n) is 2.57. The number of aromatic nitrogens is 1.